The Balaban J connectivity index is 1.46. The molecule has 0 N–H and O–H groups in total. The van der Waals surface area contributed by atoms with E-state index in [1.54, 1.807) is 4.68 Å². The van der Waals surface area contributed by atoms with Crippen molar-refractivity contribution in [2.75, 3.05) is 6.61 Å². The largest absolute Gasteiger partial charge is 0.375 e. The molecule has 3 unspecified atom stereocenters. The molecular weight excluding hydrogens is 202 g/mol. The maximum atomic E-state index is 5.72. The van der Waals surface area contributed by atoms with Crippen LogP contribution in [-0.4, -0.2) is 21.6 Å². The normalized spacial score (nSPS) is 31.4. The molecule has 1 aromatic heterocycles. The van der Waals surface area contributed by atoms with Gasteiger partial charge in [-0.2, -0.15) is 0 Å². The van der Waals surface area contributed by atoms with E-state index in [2.05, 4.69) is 22.5 Å². The van der Waals surface area contributed by atoms with Gasteiger partial charge in [-0.3, -0.25) is 4.68 Å². The highest BCUT2D eigenvalue weighted by Gasteiger charge is 2.35. The van der Waals surface area contributed by atoms with Crippen LogP contribution in [0.5, 0.6) is 0 Å². The van der Waals surface area contributed by atoms with Crippen LogP contribution in [-0.2, 0) is 18.4 Å². The second-order valence-corrected chi connectivity index (χ2v) is 4.94. The van der Waals surface area contributed by atoms with Gasteiger partial charge in [0.2, 0.25) is 0 Å². The smallest absolute Gasteiger partial charge is 0.108 e. The SMILES string of the molecule is Cn1cc(COCC2CC3C=CC2C3)nn1. The Morgan fingerprint density at radius 1 is 1.44 bits per heavy atom. The first kappa shape index (κ1) is 10.0. The number of allylic oxidation sites excluding steroid dienone is 2. The maximum Gasteiger partial charge on any atom is 0.108 e. The van der Waals surface area contributed by atoms with Crippen molar-refractivity contribution in [2.45, 2.75) is 19.4 Å². The van der Waals surface area contributed by atoms with Crippen LogP contribution in [0.3, 0.4) is 0 Å². The molecule has 4 nitrogen and oxygen atoms in total. The fourth-order valence-electron chi connectivity index (χ4n) is 2.86. The highest BCUT2D eigenvalue weighted by Crippen LogP contribution is 2.43. The molecule has 0 amide bonds. The van der Waals surface area contributed by atoms with Gasteiger partial charge in [-0.25, -0.2) is 0 Å². The minimum Gasteiger partial charge on any atom is -0.375 e. The Morgan fingerprint density at radius 2 is 2.38 bits per heavy atom. The molecule has 1 fully saturated rings. The van der Waals surface area contributed by atoms with Gasteiger partial charge in [0, 0.05) is 7.05 Å². The Hall–Kier alpha value is -1.16. The number of hydrogen-bond donors (Lipinski definition) is 0. The zero-order valence-electron chi connectivity index (χ0n) is 9.54. The van der Waals surface area contributed by atoms with Crippen LogP contribution in [0, 0.1) is 17.8 Å². The van der Waals surface area contributed by atoms with Gasteiger partial charge in [0.25, 0.3) is 0 Å². The van der Waals surface area contributed by atoms with E-state index < -0.39 is 0 Å². The second-order valence-electron chi connectivity index (χ2n) is 4.94. The van der Waals surface area contributed by atoms with Crippen molar-refractivity contribution in [1.29, 1.82) is 0 Å². The van der Waals surface area contributed by atoms with E-state index in [1.165, 1.54) is 12.8 Å². The first-order valence-electron chi connectivity index (χ1n) is 5.92. The van der Waals surface area contributed by atoms with Gasteiger partial charge >= 0.3 is 0 Å². The minimum absolute atomic E-state index is 0.589. The summed E-state index contributed by atoms with van der Waals surface area (Å²) in [6.07, 6.45) is 9.29. The van der Waals surface area contributed by atoms with Crippen LogP contribution in [0.15, 0.2) is 18.3 Å². The van der Waals surface area contributed by atoms with Gasteiger partial charge in [-0.15, -0.1) is 5.10 Å². The third-order valence-corrected chi connectivity index (χ3v) is 3.65. The van der Waals surface area contributed by atoms with Crippen LogP contribution in [0.2, 0.25) is 0 Å². The lowest BCUT2D eigenvalue weighted by molar-refractivity contribution is 0.0768. The molecule has 2 aliphatic carbocycles. The molecule has 16 heavy (non-hydrogen) atoms. The molecule has 0 saturated heterocycles. The van der Waals surface area contributed by atoms with E-state index in [1.807, 2.05) is 13.2 Å². The first-order valence-corrected chi connectivity index (χ1v) is 5.92. The summed E-state index contributed by atoms with van der Waals surface area (Å²) in [5.41, 5.74) is 0.918. The number of aryl methyl sites for hydroxylation is 1. The molecular formula is C12H17N3O. The van der Waals surface area contributed by atoms with Crippen molar-refractivity contribution < 1.29 is 4.74 Å². The summed E-state index contributed by atoms with van der Waals surface area (Å²) in [4.78, 5) is 0. The van der Waals surface area contributed by atoms with Crippen LogP contribution in [0.25, 0.3) is 0 Å². The van der Waals surface area contributed by atoms with E-state index in [4.69, 9.17) is 4.74 Å². The van der Waals surface area contributed by atoms with Gasteiger partial charge in [-0.05, 0) is 30.6 Å². The van der Waals surface area contributed by atoms with Crippen LogP contribution in [0.1, 0.15) is 18.5 Å². The Labute approximate surface area is 95.3 Å². The molecule has 0 spiro atoms. The lowest BCUT2D eigenvalue weighted by Gasteiger charge is -2.17. The zero-order valence-corrected chi connectivity index (χ0v) is 9.54. The lowest BCUT2D eigenvalue weighted by Crippen LogP contribution is -2.14. The van der Waals surface area contributed by atoms with Crippen molar-refractivity contribution in [2.24, 2.45) is 24.8 Å². The zero-order chi connectivity index (χ0) is 11.0. The van der Waals surface area contributed by atoms with Gasteiger partial charge in [0.05, 0.1) is 19.4 Å². The summed E-state index contributed by atoms with van der Waals surface area (Å²) in [7, 11) is 1.87. The highest BCUT2D eigenvalue weighted by atomic mass is 16.5. The number of rotatable bonds is 4. The summed E-state index contributed by atoms with van der Waals surface area (Å²) in [5.74, 6) is 2.33. The van der Waals surface area contributed by atoms with Gasteiger partial charge < -0.3 is 4.74 Å². The summed E-state index contributed by atoms with van der Waals surface area (Å²) in [6, 6.07) is 0. The van der Waals surface area contributed by atoms with Crippen molar-refractivity contribution in [1.82, 2.24) is 15.0 Å². The minimum atomic E-state index is 0.589. The number of hydrogen-bond acceptors (Lipinski definition) is 3. The molecule has 3 rings (SSSR count). The molecule has 2 bridgehead atoms. The van der Waals surface area contributed by atoms with E-state index in [0.717, 1.165) is 30.1 Å². The standard InChI is InChI=1S/C12H17N3O/c1-15-6-12(13-14-15)8-16-7-11-5-9-2-3-10(11)4-9/h2-3,6,9-11H,4-5,7-8H2,1H3. The average molecular weight is 219 g/mol. The molecule has 0 radical (unpaired) electrons. The highest BCUT2D eigenvalue weighted by molar-refractivity contribution is 5.10. The third kappa shape index (κ3) is 1.89. The molecule has 1 heterocycles. The second kappa shape index (κ2) is 4.01. The number of nitrogens with zero attached hydrogens (tertiary/aromatic N) is 3. The first-order chi connectivity index (χ1) is 7.81. The maximum absolute atomic E-state index is 5.72. The number of fused-ring (bicyclic) bond motifs is 2. The van der Waals surface area contributed by atoms with E-state index >= 15 is 0 Å². The fraction of sp³-hybridized carbons (Fsp3) is 0.667. The Kier molecular flexibility index (Phi) is 2.52. The number of aromatic nitrogens is 3. The van der Waals surface area contributed by atoms with Crippen molar-refractivity contribution in [3.8, 4) is 0 Å². The van der Waals surface area contributed by atoms with Crippen molar-refractivity contribution in [3.05, 3.63) is 24.0 Å². The van der Waals surface area contributed by atoms with Crippen LogP contribution >= 0.6 is 0 Å². The topological polar surface area (TPSA) is 39.9 Å². The molecule has 0 aliphatic heterocycles. The summed E-state index contributed by atoms with van der Waals surface area (Å²) in [6.45, 7) is 1.45. The number of ether oxygens (including phenoxy) is 1. The molecule has 4 heteroatoms. The van der Waals surface area contributed by atoms with E-state index in [-0.39, 0.29) is 0 Å². The fourth-order valence-corrected chi connectivity index (χ4v) is 2.86. The summed E-state index contributed by atoms with van der Waals surface area (Å²) < 4.78 is 7.43. The molecule has 3 atom stereocenters. The predicted molar refractivity (Wildman–Crippen MR) is 59.5 cm³/mol. The molecule has 1 saturated carbocycles. The molecule has 1 aromatic rings. The van der Waals surface area contributed by atoms with E-state index in [9.17, 15) is 0 Å². The Morgan fingerprint density at radius 3 is 3.00 bits per heavy atom. The third-order valence-electron chi connectivity index (χ3n) is 3.65. The molecule has 0 aromatic carbocycles. The monoisotopic (exact) mass is 219 g/mol. The van der Waals surface area contributed by atoms with Gasteiger partial charge in [0.15, 0.2) is 0 Å². The Bertz CT molecular complexity index is 399. The van der Waals surface area contributed by atoms with E-state index in [0.29, 0.717) is 6.61 Å². The van der Waals surface area contributed by atoms with Crippen molar-refractivity contribution >= 4 is 0 Å². The summed E-state index contributed by atoms with van der Waals surface area (Å²) >= 11 is 0. The molecule has 2 aliphatic rings. The summed E-state index contributed by atoms with van der Waals surface area (Å²) in [5, 5.41) is 7.88. The predicted octanol–water partition coefficient (Wildman–Crippen LogP) is 1.54. The average Bonchev–Trinajstić information content (AvgIpc) is 2.94. The van der Waals surface area contributed by atoms with Gasteiger partial charge in [-0.1, -0.05) is 17.4 Å². The van der Waals surface area contributed by atoms with Crippen LogP contribution in [0.4, 0.5) is 0 Å². The quantitative estimate of drug-likeness (QED) is 0.721. The van der Waals surface area contributed by atoms with Gasteiger partial charge in [0.1, 0.15) is 5.69 Å². The lowest BCUT2D eigenvalue weighted by atomic mass is 9.95. The van der Waals surface area contributed by atoms with Crippen LogP contribution < -0.4 is 0 Å². The molecule has 86 valence electrons. The van der Waals surface area contributed by atoms with Crippen molar-refractivity contribution in [3.63, 3.8) is 0 Å².